The van der Waals surface area contributed by atoms with Crippen LogP contribution in [0.5, 0.6) is 0 Å². The van der Waals surface area contributed by atoms with Crippen LogP contribution in [0, 0.1) is 0 Å². The first-order chi connectivity index (χ1) is 12.0. The fourth-order valence-electron chi connectivity index (χ4n) is 2.10. The van der Waals surface area contributed by atoms with Gasteiger partial charge in [0.05, 0.1) is 24.6 Å². The Morgan fingerprint density at radius 1 is 1.20 bits per heavy atom. The summed E-state index contributed by atoms with van der Waals surface area (Å²) in [7, 11) is 2.83. The van der Waals surface area contributed by atoms with Crippen molar-refractivity contribution in [3.63, 3.8) is 0 Å². The van der Waals surface area contributed by atoms with Crippen LogP contribution in [-0.4, -0.2) is 38.5 Å². The summed E-state index contributed by atoms with van der Waals surface area (Å²) in [5, 5.41) is 2.65. The Kier molecular flexibility index (Phi) is 6.11. The van der Waals surface area contributed by atoms with Crippen molar-refractivity contribution in [2.45, 2.75) is 0 Å². The lowest BCUT2D eigenvalue weighted by Crippen LogP contribution is -2.30. The van der Waals surface area contributed by atoms with E-state index >= 15 is 0 Å². The summed E-state index contributed by atoms with van der Waals surface area (Å²) in [6, 6.07) is 9.89. The topological polar surface area (TPSA) is 88.9 Å². The highest BCUT2D eigenvalue weighted by Gasteiger charge is 2.20. The van der Waals surface area contributed by atoms with Crippen molar-refractivity contribution in [1.29, 1.82) is 0 Å². The Hall–Kier alpha value is -3.35. The van der Waals surface area contributed by atoms with Gasteiger partial charge < -0.3 is 19.4 Å². The molecule has 7 heteroatoms. The minimum Gasteiger partial charge on any atom is -0.466 e. The average molecular weight is 342 g/mol. The molecule has 0 aliphatic carbocycles. The molecule has 130 valence electrons. The fourth-order valence-corrected chi connectivity index (χ4v) is 2.10. The number of carbonyl (C=O) groups is 3. The molecule has 0 atom stereocenters. The van der Waals surface area contributed by atoms with Crippen LogP contribution >= 0.6 is 0 Å². The zero-order chi connectivity index (χ0) is 18.2. The van der Waals surface area contributed by atoms with E-state index in [-0.39, 0.29) is 24.1 Å². The predicted molar refractivity (Wildman–Crippen MR) is 91.4 cm³/mol. The summed E-state index contributed by atoms with van der Waals surface area (Å²) >= 11 is 0. The number of para-hydroxylation sites is 1. The number of nitrogens with zero attached hydrogens (tertiary/aromatic N) is 1. The van der Waals surface area contributed by atoms with E-state index in [0.29, 0.717) is 11.3 Å². The van der Waals surface area contributed by atoms with Gasteiger partial charge >= 0.3 is 5.97 Å². The molecule has 0 fully saturated rings. The zero-order valence-electron chi connectivity index (χ0n) is 13.9. The van der Waals surface area contributed by atoms with Crippen molar-refractivity contribution >= 4 is 23.5 Å². The SMILES string of the molecule is COC(=O)/C=C/CNC(=O)c1ccccc1N(C)C(=O)c1ccco1. The van der Waals surface area contributed by atoms with E-state index in [2.05, 4.69) is 10.1 Å². The van der Waals surface area contributed by atoms with Crippen molar-refractivity contribution in [1.82, 2.24) is 5.32 Å². The van der Waals surface area contributed by atoms with Crippen LogP contribution in [0.2, 0.25) is 0 Å². The highest BCUT2D eigenvalue weighted by atomic mass is 16.5. The molecule has 25 heavy (non-hydrogen) atoms. The highest BCUT2D eigenvalue weighted by Crippen LogP contribution is 2.21. The van der Waals surface area contributed by atoms with E-state index < -0.39 is 5.97 Å². The molecule has 2 rings (SSSR count). The van der Waals surface area contributed by atoms with E-state index in [1.165, 1.54) is 30.4 Å². The number of ether oxygens (including phenoxy) is 1. The van der Waals surface area contributed by atoms with E-state index in [1.54, 1.807) is 43.4 Å². The van der Waals surface area contributed by atoms with Gasteiger partial charge in [-0.1, -0.05) is 18.2 Å². The van der Waals surface area contributed by atoms with Crippen molar-refractivity contribution in [3.05, 3.63) is 66.1 Å². The molecule has 1 aromatic heterocycles. The molecule has 2 aromatic rings. The molecule has 0 aliphatic rings. The number of nitrogens with one attached hydrogen (secondary N) is 1. The number of amides is 2. The molecule has 1 heterocycles. The summed E-state index contributed by atoms with van der Waals surface area (Å²) < 4.78 is 9.57. The van der Waals surface area contributed by atoms with Gasteiger partial charge in [-0.3, -0.25) is 9.59 Å². The molecule has 2 amide bonds. The minimum atomic E-state index is -0.501. The molecule has 1 aromatic carbocycles. The van der Waals surface area contributed by atoms with Crippen LogP contribution in [0.25, 0.3) is 0 Å². The first-order valence-electron chi connectivity index (χ1n) is 7.48. The Morgan fingerprint density at radius 3 is 2.64 bits per heavy atom. The average Bonchev–Trinajstić information content (AvgIpc) is 3.18. The number of rotatable bonds is 6. The van der Waals surface area contributed by atoms with E-state index in [9.17, 15) is 14.4 Å². The molecule has 0 spiro atoms. The number of anilines is 1. The monoisotopic (exact) mass is 342 g/mol. The number of furan rings is 1. The number of esters is 1. The van der Waals surface area contributed by atoms with Gasteiger partial charge in [0.2, 0.25) is 0 Å². The Bertz CT molecular complexity index is 781. The zero-order valence-corrected chi connectivity index (χ0v) is 13.9. The Balaban J connectivity index is 2.11. The maximum absolute atomic E-state index is 12.4. The molecule has 0 saturated heterocycles. The van der Waals surface area contributed by atoms with Gasteiger partial charge in [0, 0.05) is 19.7 Å². The lowest BCUT2D eigenvalue weighted by molar-refractivity contribution is -0.134. The summed E-state index contributed by atoms with van der Waals surface area (Å²) in [6.07, 6.45) is 4.11. The van der Waals surface area contributed by atoms with Crippen LogP contribution in [0.1, 0.15) is 20.9 Å². The third-order valence-electron chi connectivity index (χ3n) is 3.38. The van der Waals surface area contributed by atoms with Crippen molar-refractivity contribution in [2.75, 3.05) is 25.6 Å². The third-order valence-corrected chi connectivity index (χ3v) is 3.38. The number of carbonyl (C=O) groups excluding carboxylic acids is 3. The van der Waals surface area contributed by atoms with Crippen LogP contribution in [0.3, 0.4) is 0 Å². The quantitative estimate of drug-likeness (QED) is 0.641. The first kappa shape index (κ1) is 18.0. The number of benzene rings is 1. The standard InChI is InChI=1S/C18H18N2O5/c1-20(18(23)15-9-6-12-25-15)14-8-4-3-7-13(14)17(22)19-11-5-10-16(21)24-2/h3-10,12H,11H2,1-2H3,(H,19,22)/b10-5+. The predicted octanol–water partition coefficient (Wildman–Crippen LogP) is 2.02. The summed E-state index contributed by atoms with van der Waals surface area (Å²) in [4.78, 5) is 37.1. The van der Waals surface area contributed by atoms with Gasteiger partial charge in [-0.15, -0.1) is 0 Å². The second kappa shape index (κ2) is 8.49. The first-order valence-corrected chi connectivity index (χ1v) is 7.48. The van der Waals surface area contributed by atoms with E-state index in [1.807, 2.05) is 0 Å². The second-order valence-electron chi connectivity index (χ2n) is 4.99. The van der Waals surface area contributed by atoms with Crippen molar-refractivity contribution < 1.29 is 23.5 Å². The van der Waals surface area contributed by atoms with Crippen LogP contribution in [-0.2, 0) is 9.53 Å². The molecule has 0 radical (unpaired) electrons. The fraction of sp³-hybridized carbons (Fsp3) is 0.167. The molecule has 7 nitrogen and oxygen atoms in total. The third kappa shape index (κ3) is 4.57. The summed E-state index contributed by atoms with van der Waals surface area (Å²) in [6.45, 7) is 0.151. The van der Waals surface area contributed by atoms with Gasteiger partial charge in [0.1, 0.15) is 0 Å². The smallest absolute Gasteiger partial charge is 0.330 e. The van der Waals surface area contributed by atoms with Crippen molar-refractivity contribution in [2.24, 2.45) is 0 Å². The minimum absolute atomic E-state index is 0.151. The lowest BCUT2D eigenvalue weighted by Gasteiger charge is -2.19. The van der Waals surface area contributed by atoms with Gasteiger partial charge in [0.15, 0.2) is 5.76 Å². The molecular formula is C18H18N2O5. The molecule has 0 aliphatic heterocycles. The maximum Gasteiger partial charge on any atom is 0.330 e. The number of hydrogen-bond acceptors (Lipinski definition) is 5. The highest BCUT2D eigenvalue weighted by molar-refractivity contribution is 6.09. The molecular weight excluding hydrogens is 324 g/mol. The molecule has 1 N–H and O–H groups in total. The normalized spacial score (nSPS) is 10.5. The largest absolute Gasteiger partial charge is 0.466 e. The molecule has 0 unspecified atom stereocenters. The second-order valence-corrected chi connectivity index (χ2v) is 4.99. The Labute approximate surface area is 144 Å². The van der Waals surface area contributed by atoms with Gasteiger partial charge in [-0.2, -0.15) is 0 Å². The van der Waals surface area contributed by atoms with Gasteiger partial charge in [0.25, 0.3) is 11.8 Å². The maximum atomic E-state index is 12.4. The van der Waals surface area contributed by atoms with E-state index in [0.717, 1.165) is 0 Å². The van der Waals surface area contributed by atoms with Crippen LogP contribution in [0.4, 0.5) is 5.69 Å². The summed E-state index contributed by atoms with van der Waals surface area (Å²) in [5.74, 6) is -1.06. The molecule has 0 saturated carbocycles. The molecule has 0 bridgehead atoms. The number of hydrogen-bond donors (Lipinski definition) is 1. The Morgan fingerprint density at radius 2 is 1.96 bits per heavy atom. The lowest BCUT2D eigenvalue weighted by atomic mass is 10.1. The van der Waals surface area contributed by atoms with Crippen molar-refractivity contribution in [3.8, 4) is 0 Å². The van der Waals surface area contributed by atoms with Crippen LogP contribution < -0.4 is 10.2 Å². The van der Waals surface area contributed by atoms with Gasteiger partial charge in [-0.05, 0) is 24.3 Å². The summed E-state index contributed by atoms with van der Waals surface area (Å²) in [5.41, 5.74) is 0.773. The number of methoxy groups -OCH3 is 1. The van der Waals surface area contributed by atoms with Crippen LogP contribution in [0.15, 0.2) is 59.2 Å². The van der Waals surface area contributed by atoms with Gasteiger partial charge in [-0.25, -0.2) is 4.79 Å². The van der Waals surface area contributed by atoms with E-state index in [4.69, 9.17) is 4.42 Å².